The molecule has 0 aliphatic carbocycles. The van der Waals surface area contributed by atoms with Crippen LogP contribution in [-0.2, 0) is 12.8 Å². The van der Waals surface area contributed by atoms with Gasteiger partial charge < -0.3 is 11.1 Å². The Labute approximate surface area is 189 Å². The number of pyridine rings is 1. The highest BCUT2D eigenvalue weighted by molar-refractivity contribution is 7.21. The third kappa shape index (κ3) is 4.31. The van der Waals surface area contributed by atoms with Crippen molar-refractivity contribution in [3.8, 4) is 0 Å². The summed E-state index contributed by atoms with van der Waals surface area (Å²) >= 11 is 0.687. The van der Waals surface area contributed by atoms with Crippen molar-refractivity contribution in [3.05, 3.63) is 57.6 Å². The molecule has 172 valence electrons. The summed E-state index contributed by atoms with van der Waals surface area (Å²) in [5.41, 5.74) is 6.34. The molecule has 13 heteroatoms. The molecule has 0 aliphatic rings. The number of carbonyl (C=O) groups excluding carboxylic acids is 2. The molecule has 9 nitrogen and oxygen atoms in total. The molecule has 4 aromatic heterocycles. The van der Waals surface area contributed by atoms with Gasteiger partial charge in [0.15, 0.2) is 5.69 Å². The highest BCUT2D eigenvalue weighted by Crippen LogP contribution is 2.39. The standard InChI is InChI=1S/C20H18F3N7O2S/c1-9-6-13(20(21,22)23)25-19-14(9)15(16(33-19)17(24)31)26-18(32)12-4-5-29(28-12)8-30-11(3)7-10(2)27-30/h4-7H,8H2,1-3H3,(H2,24,31)(H,26,32). The number of aromatic nitrogens is 5. The van der Waals surface area contributed by atoms with Crippen molar-refractivity contribution in [2.75, 3.05) is 5.32 Å². The topological polar surface area (TPSA) is 121 Å². The molecule has 3 N–H and O–H groups in total. The maximum absolute atomic E-state index is 13.1. The number of carbonyl (C=O) groups is 2. The van der Waals surface area contributed by atoms with E-state index in [4.69, 9.17) is 5.73 Å². The van der Waals surface area contributed by atoms with Gasteiger partial charge in [0.05, 0.1) is 11.4 Å². The van der Waals surface area contributed by atoms with Crippen LogP contribution in [0.2, 0.25) is 0 Å². The number of nitrogens with two attached hydrogens (primary N) is 1. The zero-order valence-corrected chi connectivity index (χ0v) is 18.5. The van der Waals surface area contributed by atoms with Crippen molar-refractivity contribution in [2.45, 2.75) is 33.6 Å². The maximum Gasteiger partial charge on any atom is 0.433 e. The summed E-state index contributed by atoms with van der Waals surface area (Å²) in [6, 6.07) is 4.25. The summed E-state index contributed by atoms with van der Waals surface area (Å²) in [5, 5.41) is 11.4. The molecular weight excluding hydrogens is 459 g/mol. The first kappa shape index (κ1) is 22.5. The third-order valence-electron chi connectivity index (χ3n) is 4.87. The van der Waals surface area contributed by atoms with Crippen LogP contribution in [0.25, 0.3) is 10.2 Å². The predicted molar refractivity (Wildman–Crippen MR) is 115 cm³/mol. The molecule has 0 spiro atoms. The molecule has 0 fully saturated rings. The van der Waals surface area contributed by atoms with E-state index >= 15 is 0 Å². The van der Waals surface area contributed by atoms with Gasteiger partial charge in [0.1, 0.15) is 22.1 Å². The van der Waals surface area contributed by atoms with E-state index in [0.717, 1.165) is 17.5 Å². The molecule has 33 heavy (non-hydrogen) atoms. The van der Waals surface area contributed by atoms with E-state index in [1.807, 2.05) is 19.9 Å². The molecule has 0 unspecified atom stereocenters. The lowest BCUT2D eigenvalue weighted by molar-refractivity contribution is -0.141. The van der Waals surface area contributed by atoms with Crippen molar-refractivity contribution >= 4 is 39.1 Å². The van der Waals surface area contributed by atoms with Gasteiger partial charge >= 0.3 is 6.18 Å². The van der Waals surface area contributed by atoms with Gasteiger partial charge in [-0.05, 0) is 44.5 Å². The number of anilines is 1. The van der Waals surface area contributed by atoms with Crippen molar-refractivity contribution in [2.24, 2.45) is 5.73 Å². The molecule has 0 aromatic carbocycles. The van der Waals surface area contributed by atoms with Crippen LogP contribution in [0.3, 0.4) is 0 Å². The molecule has 4 heterocycles. The number of primary amides is 1. The summed E-state index contributed by atoms with van der Waals surface area (Å²) in [4.78, 5) is 28.3. The fraction of sp³-hybridized carbons (Fsp3) is 0.250. The molecule has 0 saturated carbocycles. The van der Waals surface area contributed by atoms with Gasteiger partial charge in [-0.25, -0.2) is 9.67 Å². The Balaban J connectivity index is 1.66. The van der Waals surface area contributed by atoms with Gasteiger partial charge in [0.25, 0.3) is 11.8 Å². The Kier molecular flexibility index (Phi) is 5.44. The number of amides is 2. The fourth-order valence-corrected chi connectivity index (χ4v) is 4.47. The van der Waals surface area contributed by atoms with Gasteiger partial charge in [0, 0.05) is 17.3 Å². The largest absolute Gasteiger partial charge is 0.433 e. The zero-order chi connectivity index (χ0) is 24.1. The van der Waals surface area contributed by atoms with Crippen molar-refractivity contribution in [1.29, 1.82) is 0 Å². The van der Waals surface area contributed by atoms with Crippen LogP contribution in [0.15, 0.2) is 24.4 Å². The van der Waals surface area contributed by atoms with Crippen LogP contribution in [0, 0.1) is 20.8 Å². The van der Waals surface area contributed by atoms with E-state index in [-0.39, 0.29) is 38.7 Å². The Bertz CT molecular complexity index is 1400. The number of halogens is 3. The predicted octanol–water partition coefficient (Wildman–Crippen LogP) is 3.49. The number of aryl methyl sites for hydroxylation is 3. The average Bonchev–Trinajstić information content (AvgIpc) is 3.39. The number of nitrogens with zero attached hydrogens (tertiary/aromatic N) is 5. The van der Waals surface area contributed by atoms with Crippen LogP contribution < -0.4 is 11.1 Å². The first-order valence-electron chi connectivity index (χ1n) is 9.61. The second-order valence-corrected chi connectivity index (χ2v) is 8.43. The molecule has 4 rings (SSSR count). The first-order chi connectivity index (χ1) is 15.4. The number of fused-ring (bicyclic) bond motifs is 1. The maximum atomic E-state index is 13.1. The lowest BCUT2D eigenvalue weighted by Crippen LogP contribution is -2.18. The average molecular weight is 477 g/mol. The molecule has 4 aromatic rings. The minimum Gasteiger partial charge on any atom is -0.365 e. The summed E-state index contributed by atoms with van der Waals surface area (Å²) in [6.07, 6.45) is -3.06. The molecule has 0 atom stereocenters. The van der Waals surface area contributed by atoms with E-state index in [0.29, 0.717) is 11.3 Å². The summed E-state index contributed by atoms with van der Waals surface area (Å²) in [6.45, 7) is 5.48. The number of thiophene rings is 1. The van der Waals surface area contributed by atoms with Crippen molar-refractivity contribution in [3.63, 3.8) is 0 Å². The third-order valence-corrected chi connectivity index (χ3v) is 5.97. The van der Waals surface area contributed by atoms with Crippen LogP contribution in [0.1, 0.15) is 42.8 Å². The molecule has 0 aliphatic heterocycles. The second kappa shape index (κ2) is 7.99. The molecule has 0 radical (unpaired) electrons. The molecule has 2 amide bonds. The monoisotopic (exact) mass is 477 g/mol. The Morgan fingerprint density at radius 1 is 1.18 bits per heavy atom. The first-order valence-corrected chi connectivity index (χ1v) is 10.4. The molecule has 0 saturated heterocycles. The Morgan fingerprint density at radius 2 is 1.91 bits per heavy atom. The van der Waals surface area contributed by atoms with E-state index in [9.17, 15) is 22.8 Å². The summed E-state index contributed by atoms with van der Waals surface area (Å²) in [5.74, 6) is -1.54. The van der Waals surface area contributed by atoms with E-state index in [1.165, 1.54) is 17.7 Å². The SMILES string of the molecule is Cc1cc(C)n(Cn2ccc(C(=O)Nc3c(C(N)=O)sc4nc(C(F)(F)F)cc(C)c34)n2)n1. The second-order valence-electron chi connectivity index (χ2n) is 7.44. The summed E-state index contributed by atoms with van der Waals surface area (Å²) < 4.78 is 42.7. The van der Waals surface area contributed by atoms with Crippen LogP contribution >= 0.6 is 11.3 Å². The van der Waals surface area contributed by atoms with Crippen LogP contribution in [0.4, 0.5) is 18.9 Å². The number of hydrogen-bond acceptors (Lipinski definition) is 6. The van der Waals surface area contributed by atoms with Gasteiger partial charge in [-0.15, -0.1) is 11.3 Å². The number of rotatable bonds is 5. The Morgan fingerprint density at radius 3 is 2.52 bits per heavy atom. The minimum atomic E-state index is -4.66. The fourth-order valence-electron chi connectivity index (χ4n) is 3.42. The minimum absolute atomic E-state index is 0.0133. The van der Waals surface area contributed by atoms with Gasteiger partial charge in [0.2, 0.25) is 0 Å². The van der Waals surface area contributed by atoms with E-state index in [1.54, 1.807) is 10.9 Å². The lowest BCUT2D eigenvalue weighted by atomic mass is 10.1. The van der Waals surface area contributed by atoms with Crippen LogP contribution in [0.5, 0.6) is 0 Å². The molecular formula is C20H18F3N7O2S. The smallest absolute Gasteiger partial charge is 0.365 e. The quantitative estimate of drug-likeness (QED) is 0.456. The highest BCUT2D eigenvalue weighted by Gasteiger charge is 2.34. The number of nitrogens with one attached hydrogen (secondary N) is 1. The number of alkyl halides is 3. The molecule has 0 bridgehead atoms. The summed E-state index contributed by atoms with van der Waals surface area (Å²) in [7, 11) is 0. The van der Waals surface area contributed by atoms with Crippen molar-refractivity contribution < 1.29 is 22.8 Å². The van der Waals surface area contributed by atoms with Gasteiger partial charge in [-0.2, -0.15) is 23.4 Å². The number of hydrogen-bond donors (Lipinski definition) is 2. The van der Waals surface area contributed by atoms with E-state index in [2.05, 4.69) is 20.5 Å². The Hall–Kier alpha value is -3.74. The normalized spacial score (nSPS) is 11.8. The zero-order valence-electron chi connectivity index (χ0n) is 17.7. The van der Waals surface area contributed by atoms with Crippen LogP contribution in [-0.4, -0.2) is 36.4 Å². The lowest BCUT2D eigenvalue weighted by Gasteiger charge is -2.09. The highest BCUT2D eigenvalue weighted by atomic mass is 32.1. The van der Waals surface area contributed by atoms with Gasteiger partial charge in [-0.3, -0.25) is 14.3 Å². The van der Waals surface area contributed by atoms with Crippen molar-refractivity contribution in [1.82, 2.24) is 24.5 Å². The van der Waals surface area contributed by atoms with Gasteiger partial charge in [-0.1, -0.05) is 0 Å². The van der Waals surface area contributed by atoms with E-state index < -0.39 is 23.7 Å².